The van der Waals surface area contributed by atoms with Gasteiger partial charge in [-0.3, -0.25) is 9.59 Å². The minimum Gasteiger partial charge on any atom is -0.444 e. The van der Waals surface area contributed by atoms with Crippen LogP contribution in [0, 0.1) is 6.92 Å². The Morgan fingerprint density at radius 2 is 1.69 bits per heavy atom. The zero-order chi connectivity index (χ0) is 26.3. The molecule has 0 aliphatic rings. The molecule has 0 saturated heterocycles. The van der Waals surface area contributed by atoms with E-state index in [1.807, 2.05) is 58.0 Å². The zero-order valence-corrected chi connectivity index (χ0v) is 22.3. The fourth-order valence-corrected chi connectivity index (χ4v) is 3.91. The second-order valence-corrected chi connectivity index (χ2v) is 10.1. The molecular formula is C27H36ClN3O4. The Kier molecular flexibility index (Phi) is 9.72. The van der Waals surface area contributed by atoms with Crippen molar-refractivity contribution in [1.82, 2.24) is 10.2 Å². The molecule has 0 aromatic heterocycles. The topological polar surface area (TPSA) is 87.7 Å². The smallest absolute Gasteiger partial charge is 0.408 e. The van der Waals surface area contributed by atoms with Crippen molar-refractivity contribution in [2.45, 2.75) is 72.6 Å². The van der Waals surface area contributed by atoms with Crippen LogP contribution in [-0.2, 0) is 20.7 Å². The summed E-state index contributed by atoms with van der Waals surface area (Å²) in [4.78, 5) is 40.6. The summed E-state index contributed by atoms with van der Waals surface area (Å²) in [6.45, 7) is 12.5. The third-order valence-corrected chi connectivity index (χ3v) is 5.64. The summed E-state index contributed by atoms with van der Waals surface area (Å²) in [5, 5.41) is 5.83. The Hall–Kier alpha value is -3.06. The number of amides is 3. The minimum absolute atomic E-state index is 0.310. The molecule has 8 heteroatoms. The lowest BCUT2D eigenvalue weighted by molar-refractivity contribution is -0.140. The summed E-state index contributed by atoms with van der Waals surface area (Å²) in [6, 6.07) is 11.7. The summed E-state index contributed by atoms with van der Waals surface area (Å²) in [7, 11) is 0. The number of aryl methyl sites for hydroxylation is 2. The number of para-hydroxylation sites is 1. The van der Waals surface area contributed by atoms with Crippen molar-refractivity contribution in [3.63, 3.8) is 0 Å². The van der Waals surface area contributed by atoms with Crippen molar-refractivity contribution in [2.75, 3.05) is 11.9 Å². The maximum atomic E-state index is 13.7. The van der Waals surface area contributed by atoms with E-state index < -0.39 is 29.6 Å². The number of hydrogen-bond donors (Lipinski definition) is 2. The number of benzene rings is 2. The number of hydrogen-bond acceptors (Lipinski definition) is 4. The molecule has 0 spiro atoms. The van der Waals surface area contributed by atoms with Crippen LogP contribution in [0.25, 0.3) is 0 Å². The van der Waals surface area contributed by atoms with Gasteiger partial charge in [0.05, 0.1) is 10.7 Å². The highest BCUT2D eigenvalue weighted by molar-refractivity contribution is 6.34. The van der Waals surface area contributed by atoms with Gasteiger partial charge in [-0.2, -0.15) is 0 Å². The van der Waals surface area contributed by atoms with Gasteiger partial charge >= 0.3 is 6.09 Å². The van der Waals surface area contributed by atoms with Crippen LogP contribution in [0.1, 0.15) is 64.3 Å². The first-order valence-electron chi connectivity index (χ1n) is 11.8. The van der Waals surface area contributed by atoms with Gasteiger partial charge in [-0.25, -0.2) is 4.79 Å². The highest BCUT2D eigenvalue weighted by Gasteiger charge is 2.34. The predicted octanol–water partition coefficient (Wildman–Crippen LogP) is 5.65. The molecule has 0 saturated carbocycles. The predicted molar refractivity (Wildman–Crippen MR) is 140 cm³/mol. The Morgan fingerprint density at radius 3 is 2.20 bits per heavy atom. The van der Waals surface area contributed by atoms with Gasteiger partial charge in [0.15, 0.2) is 0 Å². The molecule has 7 nitrogen and oxygen atoms in total. The van der Waals surface area contributed by atoms with Crippen molar-refractivity contribution in [2.24, 2.45) is 0 Å². The average Bonchev–Trinajstić information content (AvgIpc) is 2.77. The van der Waals surface area contributed by atoms with Crippen LogP contribution in [0.5, 0.6) is 0 Å². The fourth-order valence-electron chi connectivity index (χ4n) is 3.64. The molecule has 2 aromatic rings. The number of anilines is 1. The number of ether oxygens (including phenoxy) is 1. The fraction of sp³-hybridized carbons (Fsp3) is 0.444. The lowest BCUT2D eigenvalue weighted by atomic mass is 9.99. The number of rotatable bonds is 8. The van der Waals surface area contributed by atoms with Crippen molar-refractivity contribution in [1.29, 1.82) is 0 Å². The van der Waals surface area contributed by atoms with E-state index in [1.165, 1.54) is 4.90 Å². The molecule has 0 aliphatic carbocycles. The number of carbonyl (C=O) groups is 3. The highest BCUT2D eigenvalue weighted by atomic mass is 35.5. The van der Waals surface area contributed by atoms with Crippen LogP contribution in [0.4, 0.5) is 10.5 Å². The molecular weight excluding hydrogens is 466 g/mol. The first-order chi connectivity index (χ1) is 16.3. The first kappa shape index (κ1) is 28.2. The van der Waals surface area contributed by atoms with Crippen molar-refractivity contribution < 1.29 is 19.1 Å². The summed E-state index contributed by atoms with van der Waals surface area (Å²) in [6.07, 6.45) is 0.150. The van der Waals surface area contributed by atoms with Crippen molar-refractivity contribution >= 4 is 35.2 Å². The van der Waals surface area contributed by atoms with Crippen molar-refractivity contribution in [3.8, 4) is 0 Å². The number of nitrogens with zero attached hydrogens (tertiary/aromatic N) is 1. The van der Waals surface area contributed by atoms with E-state index in [0.29, 0.717) is 16.3 Å². The molecule has 0 aliphatic heterocycles. The Balaban J connectivity index is 2.40. The summed E-state index contributed by atoms with van der Waals surface area (Å²) in [5.74, 6) is -0.814. The first-order valence-corrected chi connectivity index (χ1v) is 12.1. The summed E-state index contributed by atoms with van der Waals surface area (Å²) in [5.41, 5.74) is 2.38. The van der Waals surface area contributed by atoms with E-state index in [4.69, 9.17) is 16.3 Å². The molecule has 0 heterocycles. The van der Waals surface area contributed by atoms with E-state index in [2.05, 4.69) is 10.6 Å². The third kappa shape index (κ3) is 7.99. The number of nitrogens with one attached hydrogen (secondary N) is 2. The van der Waals surface area contributed by atoms with Gasteiger partial charge in [-0.05, 0) is 70.7 Å². The van der Waals surface area contributed by atoms with Crippen LogP contribution >= 0.6 is 11.6 Å². The monoisotopic (exact) mass is 501 g/mol. The average molecular weight is 502 g/mol. The molecule has 1 atom stereocenters. The van der Waals surface area contributed by atoms with Crippen LogP contribution in [0.2, 0.25) is 5.02 Å². The Labute approximate surface area is 213 Å². The van der Waals surface area contributed by atoms with E-state index in [0.717, 1.165) is 17.5 Å². The molecule has 3 amide bonds. The Bertz CT molecular complexity index is 1030. The third-order valence-electron chi connectivity index (χ3n) is 5.33. The van der Waals surface area contributed by atoms with Crippen LogP contribution in [0.3, 0.4) is 0 Å². The molecule has 2 rings (SSSR count). The molecule has 0 fully saturated rings. The molecule has 2 aromatic carbocycles. The van der Waals surface area contributed by atoms with E-state index in [-0.39, 0.29) is 12.6 Å². The Morgan fingerprint density at radius 1 is 1.06 bits per heavy atom. The zero-order valence-electron chi connectivity index (χ0n) is 21.6. The molecule has 2 N–H and O–H groups in total. The largest absolute Gasteiger partial charge is 0.444 e. The minimum atomic E-state index is -0.940. The highest BCUT2D eigenvalue weighted by Crippen LogP contribution is 2.30. The van der Waals surface area contributed by atoms with Crippen LogP contribution < -0.4 is 10.6 Å². The van der Waals surface area contributed by atoms with E-state index in [9.17, 15) is 14.4 Å². The van der Waals surface area contributed by atoms with Gasteiger partial charge in [0.25, 0.3) is 5.91 Å². The summed E-state index contributed by atoms with van der Waals surface area (Å²) >= 11 is 6.35. The van der Waals surface area contributed by atoms with Gasteiger partial charge in [0, 0.05) is 6.04 Å². The van der Waals surface area contributed by atoms with Crippen LogP contribution in [-0.4, -0.2) is 41.0 Å². The quantitative estimate of drug-likeness (QED) is 0.489. The maximum absolute atomic E-state index is 13.7. The van der Waals surface area contributed by atoms with Gasteiger partial charge < -0.3 is 20.3 Å². The number of halogens is 1. The molecule has 0 radical (unpaired) electrons. The van der Waals surface area contributed by atoms with Crippen molar-refractivity contribution in [3.05, 3.63) is 64.2 Å². The second kappa shape index (κ2) is 12.1. The molecule has 0 bridgehead atoms. The van der Waals surface area contributed by atoms with Gasteiger partial charge in [0.1, 0.15) is 18.2 Å². The number of carbonyl (C=O) groups excluding carboxylic acids is 3. The normalized spacial score (nSPS) is 12.1. The molecule has 35 heavy (non-hydrogen) atoms. The molecule has 1 unspecified atom stereocenters. The van der Waals surface area contributed by atoms with Gasteiger partial charge in [-0.1, -0.05) is 54.9 Å². The van der Waals surface area contributed by atoms with Crippen LogP contribution in [0.15, 0.2) is 42.5 Å². The standard InChI is InChI=1S/C27H36ClN3O4/c1-8-19-12-14-20(15-13-19)24(25(33)30-23-18(4)10-9-11-21(23)28)31(17(2)3)22(32)16-29-26(34)35-27(5,6)7/h9-15,17,24H,8,16H2,1-7H3,(H,29,34)(H,30,33). The second-order valence-electron chi connectivity index (χ2n) is 9.67. The maximum Gasteiger partial charge on any atom is 0.408 e. The summed E-state index contributed by atoms with van der Waals surface area (Å²) < 4.78 is 5.24. The lowest BCUT2D eigenvalue weighted by Gasteiger charge is -2.35. The van der Waals surface area contributed by atoms with Gasteiger partial charge in [-0.15, -0.1) is 0 Å². The van der Waals surface area contributed by atoms with E-state index in [1.54, 1.807) is 32.9 Å². The van der Waals surface area contributed by atoms with Gasteiger partial charge in [0.2, 0.25) is 5.91 Å². The lowest BCUT2D eigenvalue weighted by Crippen LogP contribution is -2.49. The number of alkyl carbamates (subject to hydrolysis) is 1. The molecule has 190 valence electrons. The van der Waals surface area contributed by atoms with E-state index >= 15 is 0 Å². The SMILES string of the molecule is CCc1ccc(C(C(=O)Nc2c(C)cccc2Cl)N(C(=O)CNC(=O)OC(C)(C)C)C(C)C)cc1.